The zero-order valence-corrected chi connectivity index (χ0v) is 11.0. The Balaban J connectivity index is 2.72. The summed E-state index contributed by atoms with van der Waals surface area (Å²) in [6.07, 6.45) is 0. The van der Waals surface area contributed by atoms with E-state index in [0.29, 0.717) is 22.5 Å². The van der Waals surface area contributed by atoms with Crippen LogP contribution in [0.15, 0.2) is 0 Å². The van der Waals surface area contributed by atoms with Gasteiger partial charge in [-0.15, -0.1) is 0 Å². The SMILES string of the molecule is Cc1nc(N)c(C)c(-n2nc(C)c(Cl)c2C)n1. The van der Waals surface area contributed by atoms with E-state index >= 15 is 0 Å². The predicted molar refractivity (Wildman–Crippen MR) is 67.5 cm³/mol. The van der Waals surface area contributed by atoms with Crippen molar-refractivity contribution in [3.05, 3.63) is 27.8 Å². The van der Waals surface area contributed by atoms with E-state index in [1.165, 1.54) is 0 Å². The first-order valence-corrected chi connectivity index (χ1v) is 5.62. The fourth-order valence-electron chi connectivity index (χ4n) is 1.67. The molecule has 0 amide bonds. The van der Waals surface area contributed by atoms with Crippen LogP contribution in [0.4, 0.5) is 5.82 Å². The minimum Gasteiger partial charge on any atom is -0.383 e. The van der Waals surface area contributed by atoms with Crippen molar-refractivity contribution < 1.29 is 0 Å². The fourth-order valence-corrected chi connectivity index (χ4v) is 1.79. The number of hydrogen-bond donors (Lipinski definition) is 1. The molecule has 2 aromatic rings. The Morgan fingerprint density at radius 1 is 1.12 bits per heavy atom. The lowest BCUT2D eigenvalue weighted by atomic mass is 10.3. The van der Waals surface area contributed by atoms with Gasteiger partial charge in [-0.3, -0.25) is 0 Å². The smallest absolute Gasteiger partial charge is 0.162 e. The molecule has 6 heteroatoms. The molecular formula is C11H14ClN5. The maximum atomic E-state index is 6.12. The first kappa shape index (κ1) is 11.9. The van der Waals surface area contributed by atoms with Gasteiger partial charge in [-0.1, -0.05) is 11.6 Å². The summed E-state index contributed by atoms with van der Waals surface area (Å²) in [5.41, 5.74) is 8.26. The second-order valence-electron chi connectivity index (χ2n) is 4.00. The zero-order valence-electron chi connectivity index (χ0n) is 10.2. The molecular weight excluding hydrogens is 238 g/mol. The highest BCUT2D eigenvalue weighted by molar-refractivity contribution is 6.31. The van der Waals surface area contributed by atoms with Gasteiger partial charge in [-0.05, 0) is 27.7 Å². The summed E-state index contributed by atoms with van der Waals surface area (Å²) in [5, 5.41) is 5.01. The van der Waals surface area contributed by atoms with Gasteiger partial charge in [0.05, 0.1) is 16.4 Å². The summed E-state index contributed by atoms with van der Waals surface area (Å²) in [5.74, 6) is 1.77. The van der Waals surface area contributed by atoms with Crippen LogP contribution >= 0.6 is 11.6 Å². The van der Waals surface area contributed by atoms with Gasteiger partial charge in [-0.25, -0.2) is 14.6 Å². The van der Waals surface area contributed by atoms with Crippen molar-refractivity contribution in [2.45, 2.75) is 27.7 Å². The van der Waals surface area contributed by atoms with Crippen LogP contribution in [-0.2, 0) is 0 Å². The summed E-state index contributed by atoms with van der Waals surface area (Å²) < 4.78 is 1.71. The Morgan fingerprint density at radius 3 is 2.29 bits per heavy atom. The summed E-state index contributed by atoms with van der Waals surface area (Å²) in [6, 6.07) is 0. The van der Waals surface area contributed by atoms with Gasteiger partial charge in [0.2, 0.25) is 0 Å². The van der Waals surface area contributed by atoms with Crippen molar-refractivity contribution in [3.8, 4) is 5.82 Å². The first-order chi connectivity index (χ1) is 7.91. The normalized spacial score (nSPS) is 10.9. The van der Waals surface area contributed by atoms with E-state index in [-0.39, 0.29) is 0 Å². The Kier molecular flexibility index (Phi) is 2.79. The van der Waals surface area contributed by atoms with E-state index < -0.39 is 0 Å². The highest BCUT2D eigenvalue weighted by Gasteiger charge is 2.15. The van der Waals surface area contributed by atoms with Gasteiger partial charge in [0.25, 0.3) is 0 Å². The molecule has 0 bridgehead atoms. The molecule has 0 aliphatic rings. The average molecular weight is 252 g/mol. The third-order valence-corrected chi connectivity index (χ3v) is 3.22. The van der Waals surface area contributed by atoms with Crippen LogP contribution in [0, 0.1) is 27.7 Å². The van der Waals surface area contributed by atoms with Gasteiger partial charge >= 0.3 is 0 Å². The van der Waals surface area contributed by atoms with E-state index in [2.05, 4.69) is 15.1 Å². The van der Waals surface area contributed by atoms with Crippen LogP contribution < -0.4 is 5.73 Å². The van der Waals surface area contributed by atoms with E-state index in [0.717, 1.165) is 17.0 Å². The molecule has 0 fully saturated rings. The Bertz CT molecular complexity index is 588. The Morgan fingerprint density at radius 2 is 1.76 bits per heavy atom. The van der Waals surface area contributed by atoms with Crippen LogP contribution in [0.1, 0.15) is 22.8 Å². The number of nitrogens with zero attached hydrogens (tertiary/aromatic N) is 4. The molecule has 2 rings (SSSR count). The third kappa shape index (κ3) is 1.86. The molecule has 0 radical (unpaired) electrons. The molecule has 2 heterocycles. The van der Waals surface area contributed by atoms with Crippen molar-refractivity contribution in [3.63, 3.8) is 0 Å². The van der Waals surface area contributed by atoms with Gasteiger partial charge in [0.1, 0.15) is 11.6 Å². The van der Waals surface area contributed by atoms with Crippen LogP contribution in [0.2, 0.25) is 5.02 Å². The van der Waals surface area contributed by atoms with Crippen molar-refractivity contribution >= 4 is 17.4 Å². The third-order valence-electron chi connectivity index (χ3n) is 2.67. The molecule has 2 N–H and O–H groups in total. The Hall–Kier alpha value is -1.62. The quantitative estimate of drug-likeness (QED) is 0.843. The monoisotopic (exact) mass is 251 g/mol. The van der Waals surface area contributed by atoms with Crippen molar-refractivity contribution in [1.29, 1.82) is 0 Å². The van der Waals surface area contributed by atoms with E-state index in [9.17, 15) is 0 Å². The van der Waals surface area contributed by atoms with Crippen LogP contribution in [-0.4, -0.2) is 19.7 Å². The summed E-state index contributed by atoms with van der Waals surface area (Å²) in [4.78, 5) is 8.48. The van der Waals surface area contributed by atoms with Crippen molar-refractivity contribution in [2.75, 3.05) is 5.73 Å². The minimum absolute atomic E-state index is 0.469. The molecule has 0 aliphatic heterocycles. The number of anilines is 1. The molecule has 5 nitrogen and oxygen atoms in total. The highest BCUT2D eigenvalue weighted by Crippen LogP contribution is 2.24. The molecule has 0 aliphatic carbocycles. The van der Waals surface area contributed by atoms with E-state index in [4.69, 9.17) is 17.3 Å². The average Bonchev–Trinajstić information content (AvgIpc) is 2.51. The topological polar surface area (TPSA) is 69.6 Å². The number of nitrogens with two attached hydrogens (primary N) is 1. The number of aryl methyl sites for hydroxylation is 2. The zero-order chi connectivity index (χ0) is 12.7. The van der Waals surface area contributed by atoms with E-state index in [1.807, 2.05) is 20.8 Å². The lowest BCUT2D eigenvalue weighted by Gasteiger charge is -2.09. The minimum atomic E-state index is 0.469. The second kappa shape index (κ2) is 4.00. The lowest BCUT2D eigenvalue weighted by molar-refractivity contribution is 0.786. The standard InChI is InChI=1S/C11H14ClN5/c1-5-10(13)14-8(4)15-11(5)17-7(3)9(12)6(2)16-17/h1-4H3,(H2,13,14,15). The molecule has 0 saturated heterocycles. The summed E-state index contributed by atoms with van der Waals surface area (Å²) in [6.45, 7) is 7.43. The van der Waals surface area contributed by atoms with Crippen LogP contribution in [0.25, 0.3) is 5.82 Å². The lowest BCUT2D eigenvalue weighted by Crippen LogP contribution is -2.09. The molecule has 0 unspecified atom stereocenters. The van der Waals surface area contributed by atoms with E-state index in [1.54, 1.807) is 11.6 Å². The fraction of sp³-hybridized carbons (Fsp3) is 0.364. The molecule has 0 spiro atoms. The van der Waals surface area contributed by atoms with Gasteiger partial charge in [-0.2, -0.15) is 5.10 Å². The highest BCUT2D eigenvalue weighted by atomic mass is 35.5. The number of halogens is 1. The number of rotatable bonds is 1. The largest absolute Gasteiger partial charge is 0.383 e. The predicted octanol–water partition coefficient (Wildman–Crippen LogP) is 2.13. The van der Waals surface area contributed by atoms with Gasteiger partial charge < -0.3 is 5.73 Å². The van der Waals surface area contributed by atoms with Crippen molar-refractivity contribution in [2.24, 2.45) is 0 Å². The molecule has 0 aromatic carbocycles. The van der Waals surface area contributed by atoms with Crippen LogP contribution in [0.5, 0.6) is 0 Å². The molecule has 0 atom stereocenters. The van der Waals surface area contributed by atoms with Crippen LogP contribution in [0.3, 0.4) is 0 Å². The summed E-state index contributed by atoms with van der Waals surface area (Å²) in [7, 11) is 0. The maximum absolute atomic E-state index is 6.12. The first-order valence-electron chi connectivity index (χ1n) is 5.24. The maximum Gasteiger partial charge on any atom is 0.162 e. The summed E-state index contributed by atoms with van der Waals surface area (Å²) >= 11 is 6.12. The number of nitrogen functional groups attached to an aromatic ring is 1. The van der Waals surface area contributed by atoms with Gasteiger partial charge in [0.15, 0.2) is 5.82 Å². The second-order valence-corrected chi connectivity index (χ2v) is 4.38. The molecule has 0 saturated carbocycles. The molecule has 90 valence electrons. The Labute approximate surface area is 105 Å². The molecule has 2 aromatic heterocycles. The number of aromatic nitrogens is 4. The number of hydrogen-bond acceptors (Lipinski definition) is 4. The van der Waals surface area contributed by atoms with Crippen molar-refractivity contribution in [1.82, 2.24) is 19.7 Å². The molecule has 17 heavy (non-hydrogen) atoms. The van der Waals surface area contributed by atoms with Gasteiger partial charge in [0, 0.05) is 5.56 Å².